The fourth-order valence-corrected chi connectivity index (χ4v) is 3.16. The average Bonchev–Trinajstić information content (AvgIpc) is 3.06. The molecule has 1 atom stereocenters. The number of esters is 1. The monoisotopic (exact) mass is 407 g/mol. The summed E-state index contributed by atoms with van der Waals surface area (Å²) in [5.41, 5.74) is 1.02. The van der Waals surface area contributed by atoms with Crippen LogP contribution in [0, 0.1) is 0 Å². The standard InChI is InChI=1S/C19H18ClNO5S/c1-11(22)13-3-5-14(6-4-13)21-19(25)12(2)26-18(24)10-7-15(23)16-8-9-17(20)27-16/h3-6,8-9,12H,7,10H2,1-2H3,(H,21,25). The van der Waals surface area contributed by atoms with Gasteiger partial charge in [0.1, 0.15) is 0 Å². The lowest BCUT2D eigenvalue weighted by molar-refractivity contribution is -0.153. The van der Waals surface area contributed by atoms with Gasteiger partial charge >= 0.3 is 5.97 Å². The molecule has 1 amide bonds. The summed E-state index contributed by atoms with van der Waals surface area (Å²) in [5, 5.41) is 2.60. The molecule has 0 bridgehead atoms. The molecule has 1 heterocycles. The van der Waals surface area contributed by atoms with Gasteiger partial charge in [-0.1, -0.05) is 11.6 Å². The fraction of sp³-hybridized carbons (Fsp3) is 0.263. The van der Waals surface area contributed by atoms with Crippen molar-refractivity contribution in [2.75, 3.05) is 5.32 Å². The maximum Gasteiger partial charge on any atom is 0.307 e. The second-order valence-corrected chi connectivity index (χ2v) is 7.50. The van der Waals surface area contributed by atoms with Crippen LogP contribution in [0.3, 0.4) is 0 Å². The third-order valence-corrected chi connectivity index (χ3v) is 4.91. The van der Waals surface area contributed by atoms with Crippen LogP contribution in [-0.4, -0.2) is 29.5 Å². The van der Waals surface area contributed by atoms with Gasteiger partial charge in [-0.05, 0) is 50.2 Å². The van der Waals surface area contributed by atoms with Crippen molar-refractivity contribution in [1.82, 2.24) is 0 Å². The van der Waals surface area contributed by atoms with E-state index in [1.807, 2.05) is 0 Å². The summed E-state index contributed by atoms with van der Waals surface area (Å²) in [7, 11) is 0. The maximum absolute atomic E-state index is 12.1. The first-order chi connectivity index (χ1) is 12.8. The number of ether oxygens (including phenoxy) is 1. The van der Waals surface area contributed by atoms with Crippen LogP contribution in [0.2, 0.25) is 4.34 Å². The van der Waals surface area contributed by atoms with Crippen LogP contribution in [0.1, 0.15) is 46.7 Å². The smallest absolute Gasteiger partial charge is 0.307 e. The van der Waals surface area contributed by atoms with Gasteiger partial charge in [-0.2, -0.15) is 0 Å². The number of hydrogen-bond donors (Lipinski definition) is 1. The first-order valence-electron chi connectivity index (χ1n) is 8.16. The third kappa shape index (κ3) is 6.30. The van der Waals surface area contributed by atoms with E-state index in [1.54, 1.807) is 36.4 Å². The predicted molar refractivity (Wildman–Crippen MR) is 104 cm³/mol. The lowest BCUT2D eigenvalue weighted by Crippen LogP contribution is -2.30. The second-order valence-electron chi connectivity index (χ2n) is 5.78. The predicted octanol–water partition coefficient (Wildman–Crippen LogP) is 4.14. The molecule has 0 saturated heterocycles. The molecule has 0 aliphatic carbocycles. The highest BCUT2D eigenvalue weighted by Crippen LogP contribution is 2.23. The molecule has 1 N–H and O–H groups in total. The van der Waals surface area contributed by atoms with Gasteiger partial charge in [-0.3, -0.25) is 19.2 Å². The first kappa shape index (κ1) is 20.8. The Morgan fingerprint density at radius 2 is 1.74 bits per heavy atom. The van der Waals surface area contributed by atoms with Gasteiger partial charge in [-0.25, -0.2) is 0 Å². The molecule has 0 aliphatic heterocycles. The van der Waals surface area contributed by atoms with E-state index in [4.69, 9.17) is 16.3 Å². The molecule has 0 spiro atoms. The van der Waals surface area contributed by atoms with E-state index >= 15 is 0 Å². The zero-order valence-corrected chi connectivity index (χ0v) is 16.4. The van der Waals surface area contributed by atoms with Crippen molar-refractivity contribution in [2.24, 2.45) is 0 Å². The van der Waals surface area contributed by atoms with E-state index in [0.717, 1.165) is 11.3 Å². The molecule has 2 aromatic rings. The number of ketones is 2. The van der Waals surface area contributed by atoms with Gasteiger partial charge in [-0.15, -0.1) is 11.3 Å². The minimum atomic E-state index is -1.02. The molecule has 0 radical (unpaired) electrons. The lowest BCUT2D eigenvalue weighted by Gasteiger charge is -2.13. The molecule has 0 saturated carbocycles. The molecule has 6 nitrogen and oxygen atoms in total. The van der Waals surface area contributed by atoms with Crippen LogP contribution in [0.4, 0.5) is 5.69 Å². The van der Waals surface area contributed by atoms with E-state index in [1.165, 1.54) is 13.8 Å². The topological polar surface area (TPSA) is 89.5 Å². The summed E-state index contributed by atoms with van der Waals surface area (Å²) in [6.07, 6.45) is -1.16. The zero-order valence-electron chi connectivity index (χ0n) is 14.8. The number of nitrogens with one attached hydrogen (secondary N) is 1. The number of carbonyl (C=O) groups excluding carboxylic acids is 4. The molecule has 1 aromatic heterocycles. The zero-order chi connectivity index (χ0) is 20.0. The fourth-order valence-electron chi connectivity index (χ4n) is 2.14. The average molecular weight is 408 g/mol. The van der Waals surface area contributed by atoms with Crippen molar-refractivity contribution in [2.45, 2.75) is 32.8 Å². The number of hydrogen-bond acceptors (Lipinski definition) is 6. The Balaban J connectivity index is 1.80. The summed E-state index contributed by atoms with van der Waals surface area (Å²) in [4.78, 5) is 47.6. The molecule has 0 aliphatic rings. The van der Waals surface area contributed by atoms with Gasteiger partial charge in [0.25, 0.3) is 5.91 Å². The number of rotatable bonds is 8. The van der Waals surface area contributed by atoms with Crippen LogP contribution >= 0.6 is 22.9 Å². The van der Waals surface area contributed by atoms with Crippen molar-refractivity contribution in [3.63, 3.8) is 0 Å². The Morgan fingerprint density at radius 3 is 2.30 bits per heavy atom. The lowest BCUT2D eigenvalue weighted by atomic mass is 10.1. The highest BCUT2D eigenvalue weighted by Gasteiger charge is 2.19. The van der Waals surface area contributed by atoms with Crippen molar-refractivity contribution in [3.05, 3.63) is 51.2 Å². The third-order valence-electron chi connectivity index (χ3n) is 3.64. The van der Waals surface area contributed by atoms with E-state index in [-0.39, 0.29) is 24.4 Å². The van der Waals surface area contributed by atoms with E-state index in [0.29, 0.717) is 20.5 Å². The highest BCUT2D eigenvalue weighted by molar-refractivity contribution is 7.18. The molecule has 142 valence electrons. The Kier molecular flexibility index (Phi) is 7.27. The van der Waals surface area contributed by atoms with Gasteiger partial charge in [0.15, 0.2) is 17.7 Å². The van der Waals surface area contributed by atoms with Gasteiger partial charge in [0.05, 0.1) is 15.6 Å². The SMILES string of the molecule is CC(=O)c1ccc(NC(=O)C(C)OC(=O)CCC(=O)c2ccc(Cl)s2)cc1. The maximum atomic E-state index is 12.1. The molecule has 27 heavy (non-hydrogen) atoms. The van der Waals surface area contributed by atoms with Crippen LogP contribution < -0.4 is 5.32 Å². The van der Waals surface area contributed by atoms with Crippen molar-refractivity contribution < 1.29 is 23.9 Å². The Bertz CT molecular complexity index is 859. The number of halogens is 1. The second kappa shape index (κ2) is 9.43. The molecule has 1 unspecified atom stereocenters. The summed E-state index contributed by atoms with van der Waals surface area (Å²) in [6.45, 7) is 2.89. The number of anilines is 1. The summed E-state index contributed by atoms with van der Waals surface area (Å²) in [6, 6.07) is 9.59. The number of carbonyl (C=O) groups is 4. The van der Waals surface area contributed by atoms with Gasteiger partial charge < -0.3 is 10.1 Å². The Morgan fingerprint density at radius 1 is 1.07 bits per heavy atom. The van der Waals surface area contributed by atoms with E-state index < -0.39 is 18.0 Å². The largest absolute Gasteiger partial charge is 0.453 e. The van der Waals surface area contributed by atoms with Gasteiger partial charge in [0.2, 0.25) is 0 Å². The molecular weight excluding hydrogens is 390 g/mol. The minimum absolute atomic E-state index is 0.0173. The Hall–Kier alpha value is -2.51. The van der Waals surface area contributed by atoms with Crippen LogP contribution in [0.15, 0.2) is 36.4 Å². The van der Waals surface area contributed by atoms with Crippen molar-refractivity contribution >= 4 is 52.1 Å². The normalized spacial score (nSPS) is 11.5. The molecule has 8 heteroatoms. The van der Waals surface area contributed by atoms with Crippen LogP contribution in [-0.2, 0) is 14.3 Å². The van der Waals surface area contributed by atoms with Crippen molar-refractivity contribution in [3.8, 4) is 0 Å². The summed E-state index contributed by atoms with van der Waals surface area (Å²) < 4.78 is 5.56. The molecule has 1 aromatic carbocycles. The summed E-state index contributed by atoms with van der Waals surface area (Å²) in [5.74, 6) is -1.42. The Labute approximate surface area is 165 Å². The molecular formula is C19H18ClNO5S. The number of Topliss-reactive ketones (excluding diaryl/α,β-unsaturated/α-hetero) is 2. The van der Waals surface area contributed by atoms with Crippen LogP contribution in [0.5, 0.6) is 0 Å². The highest BCUT2D eigenvalue weighted by atomic mass is 35.5. The first-order valence-corrected chi connectivity index (χ1v) is 9.35. The number of amides is 1. The van der Waals surface area contributed by atoms with Crippen LogP contribution in [0.25, 0.3) is 0 Å². The number of benzene rings is 1. The minimum Gasteiger partial charge on any atom is -0.453 e. The van der Waals surface area contributed by atoms with Crippen molar-refractivity contribution in [1.29, 1.82) is 0 Å². The van der Waals surface area contributed by atoms with E-state index in [2.05, 4.69) is 5.32 Å². The summed E-state index contributed by atoms with van der Waals surface area (Å²) >= 11 is 6.92. The van der Waals surface area contributed by atoms with E-state index in [9.17, 15) is 19.2 Å². The quantitative estimate of drug-likeness (QED) is 0.524. The molecule has 0 fully saturated rings. The molecule has 2 rings (SSSR count). The van der Waals surface area contributed by atoms with Gasteiger partial charge in [0, 0.05) is 17.7 Å². The number of thiophene rings is 1.